The van der Waals surface area contributed by atoms with E-state index in [9.17, 15) is 0 Å². The molecule has 80 valence electrons. The lowest BCUT2D eigenvalue weighted by Gasteiger charge is -2.02. The third-order valence-electron chi connectivity index (χ3n) is 2.08. The van der Waals surface area contributed by atoms with Gasteiger partial charge in [-0.25, -0.2) is 0 Å². The van der Waals surface area contributed by atoms with Crippen molar-refractivity contribution < 1.29 is 0 Å². The molecule has 0 saturated carbocycles. The number of nitrogens with one attached hydrogen (secondary N) is 1. The van der Waals surface area contributed by atoms with Gasteiger partial charge in [0.15, 0.2) is 0 Å². The maximum atomic E-state index is 3.89. The van der Waals surface area contributed by atoms with Gasteiger partial charge in [-0.3, -0.25) is 4.68 Å². The number of nitrogens with zero attached hydrogens (tertiary/aromatic N) is 3. The SMILES string of the molecule is Cc1ccc(CNCCn2ccnn2)s1. The molecule has 0 fully saturated rings. The molecule has 2 aromatic rings. The molecule has 0 spiro atoms. The molecule has 2 rings (SSSR count). The molecule has 0 bridgehead atoms. The molecule has 0 aromatic carbocycles. The van der Waals surface area contributed by atoms with Crippen molar-refractivity contribution in [1.82, 2.24) is 20.3 Å². The van der Waals surface area contributed by atoms with Gasteiger partial charge in [0.2, 0.25) is 0 Å². The summed E-state index contributed by atoms with van der Waals surface area (Å²) in [5, 5.41) is 11.0. The molecule has 15 heavy (non-hydrogen) atoms. The van der Waals surface area contributed by atoms with Crippen molar-refractivity contribution in [2.75, 3.05) is 6.54 Å². The Bertz CT molecular complexity index is 393. The first kappa shape index (κ1) is 10.3. The van der Waals surface area contributed by atoms with Crippen molar-refractivity contribution in [3.63, 3.8) is 0 Å². The second-order valence-corrected chi connectivity index (χ2v) is 4.73. The smallest absolute Gasteiger partial charge is 0.0692 e. The van der Waals surface area contributed by atoms with Crippen LogP contribution >= 0.6 is 11.3 Å². The molecule has 0 radical (unpaired) electrons. The van der Waals surface area contributed by atoms with Gasteiger partial charge in [-0.05, 0) is 19.1 Å². The average Bonchev–Trinajstić information content (AvgIpc) is 2.84. The lowest BCUT2D eigenvalue weighted by molar-refractivity contribution is 0.542. The zero-order valence-corrected chi connectivity index (χ0v) is 9.50. The van der Waals surface area contributed by atoms with Gasteiger partial charge in [0, 0.05) is 29.0 Å². The zero-order chi connectivity index (χ0) is 10.5. The second kappa shape index (κ2) is 5.04. The molecule has 0 aliphatic rings. The van der Waals surface area contributed by atoms with E-state index in [4.69, 9.17) is 0 Å². The summed E-state index contributed by atoms with van der Waals surface area (Å²) in [5.41, 5.74) is 0. The fourth-order valence-electron chi connectivity index (χ4n) is 1.34. The Labute approximate surface area is 92.9 Å². The van der Waals surface area contributed by atoms with E-state index in [1.807, 2.05) is 22.2 Å². The molecule has 0 aliphatic carbocycles. The van der Waals surface area contributed by atoms with Gasteiger partial charge >= 0.3 is 0 Å². The van der Waals surface area contributed by atoms with Crippen LogP contribution in [0.1, 0.15) is 9.75 Å². The summed E-state index contributed by atoms with van der Waals surface area (Å²) >= 11 is 1.84. The largest absolute Gasteiger partial charge is 0.310 e. The lowest BCUT2D eigenvalue weighted by Crippen LogP contribution is -2.19. The van der Waals surface area contributed by atoms with Crippen molar-refractivity contribution >= 4 is 11.3 Å². The molecule has 1 N–H and O–H groups in total. The van der Waals surface area contributed by atoms with Crippen LogP contribution < -0.4 is 5.32 Å². The molecular formula is C10H14N4S. The Hall–Kier alpha value is -1.20. The predicted octanol–water partition coefficient (Wildman–Crippen LogP) is 1.44. The molecule has 5 heteroatoms. The molecule has 2 aromatic heterocycles. The van der Waals surface area contributed by atoms with Gasteiger partial charge in [0.05, 0.1) is 12.7 Å². The van der Waals surface area contributed by atoms with Crippen molar-refractivity contribution in [3.05, 3.63) is 34.3 Å². The van der Waals surface area contributed by atoms with Crippen LogP contribution in [0.25, 0.3) is 0 Å². The van der Waals surface area contributed by atoms with E-state index in [1.165, 1.54) is 9.75 Å². The highest BCUT2D eigenvalue weighted by atomic mass is 32.1. The third-order valence-corrected chi connectivity index (χ3v) is 3.09. The van der Waals surface area contributed by atoms with Gasteiger partial charge in [-0.15, -0.1) is 16.4 Å². The van der Waals surface area contributed by atoms with Crippen molar-refractivity contribution in [2.24, 2.45) is 0 Å². The summed E-state index contributed by atoms with van der Waals surface area (Å²) in [7, 11) is 0. The van der Waals surface area contributed by atoms with Gasteiger partial charge < -0.3 is 5.32 Å². The maximum absolute atomic E-state index is 3.89. The molecular weight excluding hydrogens is 208 g/mol. The summed E-state index contributed by atoms with van der Waals surface area (Å²) in [6, 6.07) is 4.32. The average molecular weight is 222 g/mol. The minimum Gasteiger partial charge on any atom is -0.310 e. The van der Waals surface area contributed by atoms with Crippen molar-refractivity contribution in [2.45, 2.75) is 20.0 Å². The predicted molar refractivity (Wildman–Crippen MR) is 60.8 cm³/mol. The monoisotopic (exact) mass is 222 g/mol. The van der Waals surface area contributed by atoms with E-state index in [-0.39, 0.29) is 0 Å². The molecule has 4 nitrogen and oxygen atoms in total. The standard InChI is InChI=1S/C10H14N4S/c1-9-2-3-10(15-9)8-11-4-6-14-7-5-12-13-14/h2-3,5,7,11H,4,6,8H2,1H3. The summed E-state index contributed by atoms with van der Waals surface area (Å²) in [6.45, 7) is 4.85. The molecule has 0 amide bonds. The normalized spacial score (nSPS) is 10.7. The van der Waals surface area contributed by atoms with Crippen LogP contribution in [-0.2, 0) is 13.1 Å². The minimum absolute atomic E-state index is 0.865. The maximum Gasteiger partial charge on any atom is 0.0692 e. The van der Waals surface area contributed by atoms with E-state index in [2.05, 4.69) is 34.7 Å². The lowest BCUT2D eigenvalue weighted by atomic mass is 10.4. The van der Waals surface area contributed by atoms with Gasteiger partial charge in [-0.1, -0.05) is 5.21 Å². The van der Waals surface area contributed by atoms with Crippen LogP contribution in [0.15, 0.2) is 24.5 Å². The number of rotatable bonds is 5. The molecule has 0 unspecified atom stereocenters. The van der Waals surface area contributed by atoms with Crippen LogP contribution in [0.5, 0.6) is 0 Å². The third kappa shape index (κ3) is 3.14. The van der Waals surface area contributed by atoms with Gasteiger partial charge in [0.1, 0.15) is 0 Å². The van der Waals surface area contributed by atoms with Crippen LogP contribution in [0.3, 0.4) is 0 Å². The van der Waals surface area contributed by atoms with E-state index in [0.717, 1.165) is 19.6 Å². The number of hydrogen-bond donors (Lipinski definition) is 1. The zero-order valence-electron chi connectivity index (χ0n) is 8.68. The van der Waals surface area contributed by atoms with Crippen molar-refractivity contribution in [3.8, 4) is 0 Å². The Balaban J connectivity index is 1.67. The fourth-order valence-corrected chi connectivity index (χ4v) is 2.20. The van der Waals surface area contributed by atoms with Gasteiger partial charge in [0.25, 0.3) is 0 Å². The quantitative estimate of drug-likeness (QED) is 0.778. The second-order valence-electron chi connectivity index (χ2n) is 3.36. The van der Waals surface area contributed by atoms with Crippen molar-refractivity contribution in [1.29, 1.82) is 0 Å². The number of aromatic nitrogens is 3. The fraction of sp³-hybridized carbons (Fsp3) is 0.400. The van der Waals surface area contributed by atoms with E-state index >= 15 is 0 Å². The van der Waals surface area contributed by atoms with E-state index in [0.29, 0.717) is 0 Å². The Morgan fingerprint density at radius 1 is 1.47 bits per heavy atom. The highest BCUT2D eigenvalue weighted by molar-refractivity contribution is 7.11. The molecule has 0 aliphatic heterocycles. The summed E-state index contributed by atoms with van der Waals surface area (Å²) in [5.74, 6) is 0. The van der Waals surface area contributed by atoms with Crippen LogP contribution in [0.2, 0.25) is 0 Å². The van der Waals surface area contributed by atoms with Crippen LogP contribution in [0, 0.1) is 6.92 Å². The van der Waals surface area contributed by atoms with Crippen LogP contribution in [-0.4, -0.2) is 21.5 Å². The summed E-state index contributed by atoms with van der Waals surface area (Å²) in [4.78, 5) is 2.74. The highest BCUT2D eigenvalue weighted by Crippen LogP contribution is 2.14. The Morgan fingerprint density at radius 3 is 3.07 bits per heavy atom. The van der Waals surface area contributed by atoms with E-state index < -0.39 is 0 Å². The minimum atomic E-state index is 0.865. The molecule has 2 heterocycles. The van der Waals surface area contributed by atoms with Crippen LogP contribution in [0.4, 0.5) is 0 Å². The van der Waals surface area contributed by atoms with Gasteiger partial charge in [-0.2, -0.15) is 0 Å². The Morgan fingerprint density at radius 2 is 2.40 bits per heavy atom. The Kier molecular flexibility index (Phi) is 3.47. The molecule has 0 atom stereocenters. The topological polar surface area (TPSA) is 42.7 Å². The molecule has 0 saturated heterocycles. The number of hydrogen-bond acceptors (Lipinski definition) is 4. The summed E-state index contributed by atoms with van der Waals surface area (Å²) < 4.78 is 1.83. The highest BCUT2D eigenvalue weighted by Gasteiger charge is 1.96. The first-order valence-corrected chi connectivity index (χ1v) is 5.76. The number of thiophene rings is 1. The summed E-state index contributed by atoms with van der Waals surface area (Å²) in [6.07, 6.45) is 3.57. The first-order valence-electron chi connectivity index (χ1n) is 4.95. The number of aryl methyl sites for hydroxylation is 1. The first-order chi connectivity index (χ1) is 7.34. The van der Waals surface area contributed by atoms with E-state index in [1.54, 1.807) is 6.20 Å².